The largest absolute Gasteiger partial charge is 0.367 e. The molecule has 0 saturated carbocycles. The first-order chi connectivity index (χ1) is 9.91. The standard InChI is InChI=1S/C14H22FN3O2S/c1-3-16-11-12-4-5-14(13(15)10-12)17-6-8-18(9-7-17)21(2,19)20/h4-5,10,16H,3,6-9,11H2,1-2H3. The third-order valence-electron chi connectivity index (χ3n) is 3.64. The maximum absolute atomic E-state index is 14.2. The molecule has 1 fully saturated rings. The van der Waals surface area contributed by atoms with Crippen LogP contribution in [0.3, 0.4) is 0 Å². The summed E-state index contributed by atoms with van der Waals surface area (Å²) in [6.45, 7) is 5.32. The summed E-state index contributed by atoms with van der Waals surface area (Å²) in [7, 11) is -3.15. The van der Waals surface area contributed by atoms with Gasteiger partial charge in [0.15, 0.2) is 0 Å². The Morgan fingerprint density at radius 1 is 1.24 bits per heavy atom. The van der Waals surface area contributed by atoms with Crippen molar-refractivity contribution in [3.8, 4) is 0 Å². The summed E-state index contributed by atoms with van der Waals surface area (Å²) in [6.07, 6.45) is 1.21. The lowest BCUT2D eigenvalue weighted by Crippen LogP contribution is -2.48. The van der Waals surface area contributed by atoms with E-state index < -0.39 is 10.0 Å². The number of sulfonamides is 1. The molecule has 2 rings (SSSR count). The summed E-state index contributed by atoms with van der Waals surface area (Å²) < 4.78 is 38.6. The fourth-order valence-electron chi connectivity index (χ4n) is 2.45. The second-order valence-electron chi connectivity index (χ2n) is 5.22. The van der Waals surface area contributed by atoms with Crippen LogP contribution < -0.4 is 10.2 Å². The number of benzene rings is 1. The van der Waals surface area contributed by atoms with Crippen molar-refractivity contribution in [2.24, 2.45) is 0 Å². The minimum absolute atomic E-state index is 0.252. The number of hydrogen-bond donors (Lipinski definition) is 1. The Kier molecular flexibility index (Phi) is 5.18. The van der Waals surface area contributed by atoms with Crippen LogP contribution in [0.15, 0.2) is 18.2 Å². The second-order valence-corrected chi connectivity index (χ2v) is 7.20. The number of nitrogens with one attached hydrogen (secondary N) is 1. The third-order valence-corrected chi connectivity index (χ3v) is 4.94. The van der Waals surface area contributed by atoms with E-state index in [0.29, 0.717) is 38.4 Å². The van der Waals surface area contributed by atoms with Gasteiger partial charge in [-0.15, -0.1) is 0 Å². The van der Waals surface area contributed by atoms with E-state index in [1.807, 2.05) is 17.9 Å². The molecule has 0 bridgehead atoms. The molecule has 0 atom stereocenters. The van der Waals surface area contributed by atoms with Gasteiger partial charge in [0.2, 0.25) is 10.0 Å². The molecule has 0 amide bonds. The maximum Gasteiger partial charge on any atom is 0.211 e. The summed E-state index contributed by atoms with van der Waals surface area (Å²) in [5.41, 5.74) is 1.45. The van der Waals surface area contributed by atoms with Gasteiger partial charge >= 0.3 is 0 Å². The average Bonchev–Trinajstić information content (AvgIpc) is 2.44. The highest BCUT2D eigenvalue weighted by molar-refractivity contribution is 7.88. The number of rotatable bonds is 5. The molecule has 0 aliphatic carbocycles. The Balaban J connectivity index is 2.03. The minimum atomic E-state index is -3.15. The molecule has 1 aromatic rings. The van der Waals surface area contributed by atoms with E-state index in [9.17, 15) is 12.8 Å². The van der Waals surface area contributed by atoms with Crippen LogP contribution in [0, 0.1) is 5.82 Å². The molecule has 21 heavy (non-hydrogen) atoms. The smallest absolute Gasteiger partial charge is 0.211 e. The topological polar surface area (TPSA) is 52.6 Å². The molecule has 118 valence electrons. The van der Waals surface area contributed by atoms with Gasteiger partial charge in [-0.1, -0.05) is 13.0 Å². The van der Waals surface area contributed by atoms with Gasteiger partial charge in [-0.25, -0.2) is 12.8 Å². The van der Waals surface area contributed by atoms with E-state index in [-0.39, 0.29) is 5.82 Å². The molecule has 1 aromatic carbocycles. The predicted molar refractivity (Wildman–Crippen MR) is 82.4 cm³/mol. The second kappa shape index (κ2) is 6.72. The molecular formula is C14H22FN3O2S. The van der Waals surface area contributed by atoms with Crippen molar-refractivity contribution in [1.29, 1.82) is 0 Å². The Labute approximate surface area is 125 Å². The van der Waals surface area contributed by atoms with Crippen LogP contribution in [0.2, 0.25) is 0 Å². The van der Waals surface area contributed by atoms with Gasteiger partial charge in [0.25, 0.3) is 0 Å². The highest BCUT2D eigenvalue weighted by Crippen LogP contribution is 2.22. The first-order valence-corrected chi connectivity index (χ1v) is 8.96. The zero-order chi connectivity index (χ0) is 15.5. The summed E-state index contributed by atoms with van der Waals surface area (Å²) in [4.78, 5) is 1.90. The lowest BCUT2D eigenvalue weighted by atomic mass is 10.1. The first-order valence-electron chi connectivity index (χ1n) is 7.11. The number of anilines is 1. The molecule has 0 radical (unpaired) electrons. The normalized spacial score (nSPS) is 17.2. The molecule has 7 heteroatoms. The molecule has 5 nitrogen and oxygen atoms in total. The average molecular weight is 315 g/mol. The van der Waals surface area contributed by atoms with Crippen LogP contribution in [0.4, 0.5) is 10.1 Å². The Morgan fingerprint density at radius 3 is 2.43 bits per heavy atom. The number of nitrogens with zero attached hydrogens (tertiary/aromatic N) is 2. The Morgan fingerprint density at radius 2 is 1.90 bits per heavy atom. The number of halogens is 1. The predicted octanol–water partition coefficient (Wildman–Crippen LogP) is 1.02. The van der Waals surface area contributed by atoms with Crippen LogP contribution >= 0.6 is 0 Å². The van der Waals surface area contributed by atoms with Crippen LogP contribution in [0.25, 0.3) is 0 Å². The summed E-state index contributed by atoms with van der Waals surface area (Å²) in [5, 5.41) is 3.16. The molecule has 0 unspecified atom stereocenters. The zero-order valence-electron chi connectivity index (χ0n) is 12.5. The van der Waals surface area contributed by atoms with Crippen LogP contribution in [0.5, 0.6) is 0 Å². The Bertz CT molecular complexity index is 584. The highest BCUT2D eigenvalue weighted by atomic mass is 32.2. The van der Waals surface area contributed by atoms with Gasteiger partial charge in [0.05, 0.1) is 11.9 Å². The Hall–Kier alpha value is -1.18. The van der Waals surface area contributed by atoms with E-state index in [1.165, 1.54) is 10.6 Å². The molecular weight excluding hydrogens is 293 g/mol. The van der Waals surface area contributed by atoms with Crippen molar-refractivity contribution in [3.05, 3.63) is 29.6 Å². The van der Waals surface area contributed by atoms with Gasteiger partial charge in [0, 0.05) is 32.7 Å². The molecule has 0 spiro atoms. The quantitative estimate of drug-likeness (QED) is 0.881. The zero-order valence-corrected chi connectivity index (χ0v) is 13.3. The van der Waals surface area contributed by atoms with E-state index >= 15 is 0 Å². The van der Waals surface area contributed by atoms with E-state index in [4.69, 9.17) is 0 Å². The molecule has 1 N–H and O–H groups in total. The molecule has 1 heterocycles. The minimum Gasteiger partial charge on any atom is -0.367 e. The van der Waals surface area contributed by atoms with Crippen molar-refractivity contribution in [1.82, 2.24) is 9.62 Å². The molecule has 1 saturated heterocycles. The maximum atomic E-state index is 14.2. The van der Waals surface area contributed by atoms with Gasteiger partial charge in [0.1, 0.15) is 5.82 Å². The molecule has 1 aliphatic rings. The van der Waals surface area contributed by atoms with Gasteiger partial charge in [-0.05, 0) is 24.2 Å². The SMILES string of the molecule is CCNCc1ccc(N2CCN(S(C)(=O)=O)CC2)c(F)c1. The van der Waals surface area contributed by atoms with Crippen LogP contribution in [0.1, 0.15) is 12.5 Å². The van der Waals surface area contributed by atoms with E-state index in [0.717, 1.165) is 12.1 Å². The lowest BCUT2D eigenvalue weighted by Gasteiger charge is -2.34. The molecule has 0 aromatic heterocycles. The van der Waals surface area contributed by atoms with Crippen molar-refractivity contribution >= 4 is 15.7 Å². The van der Waals surface area contributed by atoms with Crippen LogP contribution in [-0.2, 0) is 16.6 Å². The van der Waals surface area contributed by atoms with E-state index in [1.54, 1.807) is 12.1 Å². The fraction of sp³-hybridized carbons (Fsp3) is 0.571. The van der Waals surface area contributed by atoms with Gasteiger partial charge < -0.3 is 10.2 Å². The highest BCUT2D eigenvalue weighted by Gasteiger charge is 2.24. The number of piperazine rings is 1. The third kappa shape index (κ3) is 4.15. The summed E-state index contributed by atoms with van der Waals surface area (Å²) in [5.74, 6) is -0.252. The van der Waals surface area contributed by atoms with Gasteiger partial charge in [-0.3, -0.25) is 0 Å². The van der Waals surface area contributed by atoms with Crippen molar-refractivity contribution in [2.45, 2.75) is 13.5 Å². The number of hydrogen-bond acceptors (Lipinski definition) is 4. The summed E-state index contributed by atoms with van der Waals surface area (Å²) in [6, 6.07) is 5.23. The fourth-order valence-corrected chi connectivity index (χ4v) is 3.27. The lowest BCUT2D eigenvalue weighted by molar-refractivity contribution is 0.386. The molecule has 1 aliphatic heterocycles. The first kappa shape index (κ1) is 16.2. The summed E-state index contributed by atoms with van der Waals surface area (Å²) >= 11 is 0. The van der Waals surface area contributed by atoms with Gasteiger partial charge in [-0.2, -0.15) is 4.31 Å². The van der Waals surface area contributed by atoms with Crippen molar-refractivity contribution in [3.63, 3.8) is 0 Å². The van der Waals surface area contributed by atoms with Crippen molar-refractivity contribution in [2.75, 3.05) is 43.9 Å². The van der Waals surface area contributed by atoms with E-state index in [2.05, 4.69) is 5.32 Å². The monoisotopic (exact) mass is 315 g/mol. The van der Waals surface area contributed by atoms with Crippen LogP contribution in [-0.4, -0.2) is 51.7 Å². The van der Waals surface area contributed by atoms with Crippen molar-refractivity contribution < 1.29 is 12.8 Å².